The summed E-state index contributed by atoms with van der Waals surface area (Å²) in [5.74, 6) is -1.59. The van der Waals surface area contributed by atoms with Gasteiger partial charge >= 0.3 is 11.9 Å². The molecule has 0 fully saturated rings. The Morgan fingerprint density at radius 1 is 1.30 bits per heavy atom. The molecule has 0 amide bonds. The van der Waals surface area contributed by atoms with Gasteiger partial charge in [0, 0.05) is 12.0 Å². The van der Waals surface area contributed by atoms with Crippen LogP contribution in [0.25, 0.3) is 0 Å². The first-order chi connectivity index (χ1) is 10.8. The molecule has 0 aliphatic rings. The molecule has 0 saturated heterocycles. The van der Waals surface area contributed by atoms with Gasteiger partial charge in [-0.25, -0.2) is 4.79 Å². The van der Waals surface area contributed by atoms with E-state index in [4.69, 9.17) is 21.4 Å². The lowest BCUT2D eigenvalue weighted by molar-refractivity contribution is -0.136. The van der Waals surface area contributed by atoms with Gasteiger partial charge in [0.2, 0.25) is 0 Å². The largest absolute Gasteiger partial charge is 0.507 e. The number of phenolic OH excluding ortho intramolecular Hbond substituents is 1. The Kier molecular flexibility index (Phi) is 6.90. The van der Waals surface area contributed by atoms with Crippen molar-refractivity contribution in [1.82, 2.24) is 0 Å². The number of ether oxygens (including phenoxy) is 2. The molecule has 1 rings (SSSR count). The number of hydrogen-bond donors (Lipinski definition) is 2. The van der Waals surface area contributed by atoms with Gasteiger partial charge in [0.1, 0.15) is 17.1 Å². The maximum Gasteiger partial charge on any atom is 0.341 e. The molecule has 2 N–H and O–H groups in total. The summed E-state index contributed by atoms with van der Waals surface area (Å²) in [5, 5.41) is 19.2. The molecule has 0 bridgehead atoms. The van der Waals surface area contributed by atoms with Gasteiger partial charge in [0.15, 0.2) is 0 Å². The van der Waals surface area contributed by atoms with E-state index in [0.717, 1.165) is 5.57 Å². The molecule has 1 aromatic carbocycles. The van der Waals surface area contributed by atoms with E-state index in [-0.39, 0.29) is 34.9 Å². The molecule has 0 aromatic heterocycles. The number of halogens is 1. The number of phenols is 1. The summed E-state index contributed by atoms with van der Waals surface area (Å²) < 4.78 is 9.80. The Labute approximate surface area is 139 Å². The number of rotatable bonds is 7. The topological polar surface area (TPSA) is 93.1 Å². The number of aromatic hydroxyl groups is 1. The summed E-state index contributed by atoms with van der Waals surface area (Å²) >= 11 is 6.08. The second kappa shape index (κ2) is 8.43. The van der Waals surface area contributed by atoms with Crippen LogP contribution in [0.1, 0.15) is 35.7 Å². The molecule has 23 heavy (non-hydrogen) atoms. The molecule has 0 heterocycles. The van der Waals surface area contributed by atoms with Gasteiger partial charge in [0.25, 0.3) is 0 Å². The number of carbonyl (C=O) groups is 2. The Balaban J connectivity index is 3.17. The van der Waals surface area contributed by atoms with Crippen LogP contribution in [0.4, 0.5) is 0 Å². The molecule has 0 radical (unpaired) electrons. The van der Waals surface area contributed by atoms with Crippen molar-refractivity contribution in [1.29, 1.82) is 0 Å². The van der Waals surface area contributed by atoms with Gasteiger partial charge in [-0.1, -0.05) is 23.3 Å². The molecular weight excluding hydrogens is 324 g/mol. The summed E-state index contributed by atoms with van der Waals surface area (Å²) in [7, 11) is 2.61. The lowest BCUT2D eigenvalue weighted by atomic mass is 10.0. The van der Waals surface area contributed by atoms with Crippen LogP contribution < -0.4 is 4.74 Å². The zero-order valence-corrected chi connectivity index (χ0v) is 13.9. The van der Waals surface area contributed by atoms with Crippen molar-refractivity contribution in [3.05, 3.63) is 33.9 Å². The highest BCUT2D eigenvalue weighted by Crippen LogP contribution is 2.39. The predicted molar refractivity (Wildman–Crippen MR) is 85.3 cm³/mol. The third-order valence-electron chi connectivity index (χ3n) is 3.30. The highest BCUT2D eigenvalue weighted by atomic mass is 35.5. The Morgan fingerprint density at radius 3 is 2.48 bits per heavy atom. The normalized spacial score (nSPS) is 11.2. The van der Waals surface area contributed by atoms with Gasteiger partial charge in [0.05, 0.1) is 19.2 Å². The molecule has 0 aliphatic heterocycles. The van der Waals surface area contributed by atoms with Crippen LogP contribution in [-0.2, 0) is 16.0 Å². The van der Waals surface area contributed by atoms with Gasteiger partial charge in [-0.05, 0) is 25.8 Å². The fraction of sp³-hybridized carbons (Fsp3) is 0.375. The van der Waals surface area contributed by atoms with Crippen LogP contribution in [0.15, 0.2) is 17.7 Å². The third-order valence-corrected chi connectivity index (χ3v) is 3.58. The number of benzene rings is 1. The molecular formula is C16H19ClO6. The summed E-state index contributed by atoms with van der Waals surface area (Å²) in [6, 6.07) is 1.28. The minimum Gasteiger partial charge on any atom is -0.507 e. The van der Waals surface area contributed by atoms with Crippen LogP contribution in [0.3, 0.4) is 0 Å². The zero-order valence-electron chi connectivity index (χ0n) is 13.2. The smallest absolute Gasteiger partial charge is 0.341 e. The molecule has 0 unspecified atom stereocenters. The van der Waals surface area contributed by atoms with E-state index < -0.39 is 11.9 Å². The average molecular weight is 343 g/mol. The highest BCUT2D eigenvalue weighted by molar-refractivity contribution is 6.32. The first-order valence-corrected chi connectivity index (χ1v) is 7.23. The summed E-state index contributed by atoms with van der Waals surface area (Å²) in [4.78, 5) is 22.3. The van der Waals surface area contributed by atoms with Crippen molar-refractivity contribution >= 4 is 23.5 Å². The van der Waals surface area contributed by atoms with Crippen LogP contribution in [0, 0.1) is 0 Å². The van der Waals surface area contributed by atoms with Crippen LogP contribution >= 0.6 is 11.6 Å². The molecule has 0 saturated carbocycles. The summed E-state index contributed by atoms with van der Waals surface area (Å²) in [5.41, 5.74) is 1.13. The van der Waals surface area contributed by atoms with E-state index in [1.807, 2.05) is 0 Å². The molecule has 0 aliphatic carbocycles. The number of aliphatic carboxylic acids is 1. The maximum atomic E-state index is 11.7. The van der Waals surface area contributed by atoms with Gasteiger partial charge in [-0.15, -0.1) is 0 Å². The zero-order chi connectivity index (χ0) is 17.6. The van der Waals surface area contributed by atoms with E-state index in [2.05, 4.69) is 4.74 Å². The number of hydrogen-bond acceptors (Lipinski definition) is 5. The van der Waals surface area contributed by atoms with Gasteiger partial charge < -0.3 is 19.7 Å². The third kappa shape index (κ3) is 4.89. The Morgan fingerprint density at radius 2 is 1.96 bits per heavy atom. The average Bonchev–Trinajstić information content (AvgIpc) is 2.52. The SMILES string of the molecule is COC(=O)c1cc(Cl)c(OC)c(C/C=C(\C)CCC(=O)O)c1O. The predicted octanol–water partition coefficient (Wildman–Crippen LogP) is 3.19. The quantitative estimate of drug-likeness (QED) is 0.584. The van der Waals surface area contributed by atoms with Crippen molar-refractivity contribution < 1.29 is 29.3 Å². The van der Waals surface area contributed by atoms with Gasteiger partial charge in [-0.2, -0.15) is 0 Å². The number of esters is 1. The first-order valence-electron chi connectivity index (χ1n) is 6.85. The Hall–Kier alpha value is -2.21. The van der Waals surface area contributed by atoms with E-state index in [1.165, 1.54) is 20.3 Å². The van der Waals surface area contributed by atoms with Gasteiger partial charge in [-0.3, -0.25) is 4.79 Å². The second-order valence-electron chi connectivity index (χ2n) is 4.91. The van der Waals surface area contributed by atoms with E-state index in [0.29, 0.717) is 12.0 Å². The van der Waals surface area contributed by atoms with Crippen molar-refractivity contribution in [2.45, 2.75) is 26.2 Å². The van der Waals surface area contributed by atoms with Crippen LogP contribution in [-0.4, -0.2) is 36.4 Å². The molecule has 0 atom stereocenters. The second-order valence-corrected chi connectivity index (χ2v) is 5.31. The summed E-state index contributed by atoms with van der Waals surface area (Å²) in [6.45, 7) is 1.79. The van der Waals surface area contributed by atoms with Crippen LogP contribution in [0.5, 0.6) is 11.5 Å². The standard InChI is InChI=1S/C16H19ClO6/c1-9(5-7-13(18)19)4-6-10-14(20)11(16(21)23-3)8-12(17)15(10)22-2/h4,8,20H,5-7H2,1-3H3,(H,18,19)/b9-4+. The van der Waals surface area contributed by atoms with Crippen molar-refractivity contribution in [3.63, 3.8) is 0 Å². The molecule has 6 nitrogen and oxygen atoms in total. The minimum atomic E-state index is -0.881. The number of methoxy groups -OCH3 is 2. The lowest BCUT2D eigenvalue weighted by Crippen LogP contribution is -2.05. The summed E-state index contributed by atoms with van der Waals surface area (Å²) in [6.07, 6.45) is 2.42. The van der Waals surface area contributed by atoms with E-state index in [9.17, 15) is 14.7 Å². The lowest BCUT2D eigenvalue weighted by Gasteiger charge is -2.14. The number of carbonyl (C=O) groups excluding carboxylic acids is 1. The fourth-order valence-electron chi connectivity index (χ4n) is 2.03. The molecule has 0 spiro atoms. The fourth-order valence-corrected chi connectivity index (χ4v) is 2.33. The monoisotopic (exact) mass is 342 g/mol. The molecule has 1 aromatic rings. The maximum absolute atomic E-state index is 11.7. The number of carboxylic acids is 1. The first kappa shape index (κ1) is 18.8. The number of carboxylic acid groups (broad SMARTS) is 1. The molecule has 126 valence electrons. The minimum absolute atomic E-state index is 0.0222. The number of allylic oxidation sites excluding steroid dienone is 2. The molecule has 7 heteroatoms. The highest BCUT2D eigenvalue weighted by Gasteiger charge is 2.21. The van der Waals surface area contributed by atoms with Crippen molar-refractivity contribution in [2.24, 2.45) is 0 Å². The van der Waals surface area contributed by atoms with E-state index in [1.54, 1.807) is 13.0 Å². The van der Waals surface area contributed by atoms with Crippen molar-refractivity contribution in [3.8, 4) is 11.5 Å². The van der Waals surface area contributed by atoms with Crippen molar-refractivity contribution in [2.75, 3.05) is 14.2 Å². The Bertz CT molecular complexity index is 636. The van der Waals surface area contributed by atoms with E-state index >= 15 is 0 Å². The van der Waals surface area contributed by atoms with Crippen LogP contribution in [0.2, 0.25) is 5.02 Å².